The van der Waals surface area contributed by atoms with Crippen molar-refractivity contribution in [2.45, 2.75) is 231 Å². The molecule has 0 bridgehead atoms. The van der Waals surface area contributed by atoms with E-state index in [2.05, 4.69) is 13.8 Å². The molecule has 1 atom stereocenters. The number of ketones is 2. The number of carbonyl (C=O) groups is 4. The third-order valence-electron chi connectivity index (χ3n) is 9.47. The number of carboxylic acids is 2. The topological polar surface area (TPSA) is 219 Å². The maximum absolute atomic E-state index is 11.1. The van der Waals surface area contributed by atoms with Gasteiger partial charge in [0.15, 0.2) is 11.6 Å². The van der Waals surface area contributed by atoms with Gasteiger partial charge in [0.1, 0.15) is 15.4 Å². The molecule has 0 fully saturated rings. The molecule has 0 saturated heterocycles. The van der Waals surface area contributed by atoms with Crippen LogP contribution < -0.4 is 39.8 Å². The minimum absolute atomic E-state index is 0. The Bertz CT molecular complexity index is 1140. The van der Waals surface area contributed by atoms with Gasteiger partial charge < -0.3 is 24.4 Å². The average Bonchev–Trinajstić information content (AvgIpc) is 3.14. The van der Waals surface area contributed by atoms with Crippen LogP contribution in [0.4, 0.5) is 0 Å². The molecule has 0 rings (SSSR count). The molecule has 1 unspecified atom stereocenters. The molecular formula is C44H77N2NaO9S-2. The summed E-state index contributed by atoms with van der Waals surface area (Å²) in [5, 5.41) is 31.2. The summed E-state index contributed by atoms with van der Waals surface area (Å²) in [5.41, 5.74) is 0. The number of aliphatic carboxylic acids is 2. The van der Waals surface area contributed by atoms with E-state index in [9.17, 15) is 42.4 Å². The van der Waals surface area contributed by atoms with Gasteiger partial charge in [-0.05, 0) is 37.4 Å². The predicted octanol–water partition coefficient (Wildman–Crippen LogP) is 6.04. The van der Waals surface area contributed by atoms with Crippen LogP contribution in [0.2, 0.25) is 0 Å². The van der Waals surface area contributed by atoms with Crippen molar-refractivity contribution in [2.75, 3.05) is 0 Å². The largest absolute Gasteiger partial charge is 1.00 e. The number of hydrogen-bond acceptors (Lipinski definition) is 11. The summed E-state index contributed by atoms with van der Waals surface area (Å²) in [4.78, 5) is 42.5. The van der Waals surface area contributed by atoms with E-state index in [0.717, 1.165) is 25.7 Å². The van der Waals surface area contributed by atoms with E-state index >= 15 is 0 Å². The van der Waals surface area contributed by atoms with E-state index in [-0.39, 0.29) is 42.4 Å². The van der Waals surface area contributed by atoms with Gasteiger partial charge in [0.2, 0.25) is 0 Å². The fourth-order valence-corrected chi connectivity index (χ4v) is 6.83. The van der Waals surface area contributed by atoms with E-state index in [1.54, 1.807) is 5.87 Å². The van der Waals surface area contributed by atoms with Gasteiger partial charge in [-0.2, -0.15) is 0 Å². The van der Waals surface area contributed by atoms with Crippen molar-refractivity contribution >= 4 is 45.4 Å². The molecule has 0 saturated carbocycles. The second kappa shape index (κ2) is 48.5. The molecule has 0 aromatic carbocycles. The fraction of sp³-hybridized carbons (Fsp3) is 0.818. The molecule has 13 heteroatoms. The molecule has 0 radical (unpaired) electrons. The number of allylic oxidation sites excluding steroid dienone is 2. The Hall–Kier alpha value is -1.91. The Labute approximate surface area is 369 Å². The second-order valence-corrected chi connectivity index (χ2v) is 16.3. The zero-order valence-corrected chi connectivity index (χ0v) is 39.0. The molecule has 0 aliphatic rings. The molecule has 326 valence electrons. The number of rotatable bonds is 38. The third-order valence-corrected chi connectivity index (χ3v) is 10.6. The van der Waals surface area contributed by atoms with Crippen LogP contribution in [-0.2, 0) is 29.3 Å². The number of unbranched alkanes of at least 4 members (excludes halogenated alkanes) is 28. The van der Waals surface area contributed by atoms with E-state index in [4.69, 9.17) is 10.8 Å². The molecule has 0 aliphatic heterocycles. The number of nitrogens with one attached hydrogen (secondary N) is 2. The molecule has 57 heavy (non-hydrogen) atoms. The van der Waals surface area contributed by atoms with Crippen LogP contribution in [0.15, 0.2) is 12.2 Å². The van der Waals surface area contributed by atoms with Crippen LogP contribution in [0.25, 0.3) is 0 Å². The Morgan fingerprint density at radius 3 is 0.947 bits per heavy atom. The average molecular weight is 833 g/mol. The van der Waals surface area contributed by atoms with Crippen molar-refractivity contribution in [2.24, 2.45) is 0 Å². The van der Waals surface area contributed by atoms with Crippen LogP contribution in [0.1, 0.15) is 226 Å². The van der Waals surface area contributed by atoms with Gasteiger partial charge in [0.25, 0.3) is 0 Å². The fourth-order valence-electron chi connectivity index (χ4n) is 6.11. The van der Waals surface area contributed by atoms with Crippen LogP contribution in [-0.4, -0.2) is 53.5 Å². The third kappa shape index (κ3) is 54.1. The molecule has 0 spiro atoms. The first kappa shape index (κ1) is 61.7. The predicted molar refractivity (Wildman–Crippen MR) is 222 cm³/mol. The summed E-state index contributed by atoms with van der Waals surface area (Å²) in [7, 11) is -4.98. The van der Waals surface area contributed by atoms with Crippen LogP contribution in [0.3, 0.4) is 0 Å². The minimum atomic E-state index is -4.98. The summed E-state index contributed by atoms with van der Waals surface area (Å²) in [6.07, 6.45) is 39.9. The number of hydrogen-bond donors (Lipinski definition) is 2. The summed E-state index contributed by atoms with van der Waals surface area (Å²) >= 11 is 0. The van der Waals surface area contributed by atoms with Gasteiger partial charge in [-0.25, -0.2) is 8.42 Å². The standard InChI is InChI=1S/2C18H36O2.C8H8N2O5S.Na/c2*1-2-3-4-5-6-7-8-9-10-11-12-13-14-15-16-17-18(19)20;9-3-1-6(11)5-8(16(13,14)15)7(12)2-4-10;/h2*2-17H2,1H3,(H,19,20);1-2,8-10H,5H2,(H,13,14,15);/q;;;+1/p-3. The molecule has 0 heterocycles. The molecule has 0 aromatic heterocycles. The van der Waals surface area contributed by atoms with Gasteiger partial charge in [0, 0.05) is 30.5 Å². The van der Waals surface area contributed by atoms with Crippen molar-refractivity contribution in [3.8, 4) is 0 Å². The maximum atomic E-state index is 11.1. The van der Waals surface area contributed by atoms with Crippen molar-refractivity contribution in [3.05, 3.63) is 12.2 Å². The zero-order valence-electron chi connectivity index (χ0n) is 36.1. The van der Waals surface area contributed by atoms with Gasteiger partial charge in [-0.15, -0.1) is 0 Å². The molecule has 2 N–H and O–H groups in total. The second-order valence-electron chi connectivity index (χ2n) is 14.8. The van der Waals surface area contributed by atoms with Crippen LogP contribution >= 0.6 is 0 Å². The molecular weight excluding hydrogens is 756 g/mol. The minimum Gasteiger partial charge on any atom is -0.747 e. The quantitative estimate of drug-likeness (QED) is 0.0243. The zero-order chi connectivity index (χ0) is 42.5. The number of carboxylic acid groups (broad SMARTS) is 2. The first-order valence-corrected chi connectivity index (χ1v) is 23.3. The summed E-state index contributed by atoms with van der Waals surface area (Å²) in [5.74, 6) is -0.750. The van der Waals surface area contributed by atoms with E-state index in [0.29, 0.717) is 12.2 Å². The van der Waals surface area contributed by atoms with Crippen molar-refractivity contribution < 1.29 is 71.9 Å². The van der Waals surface area contributed by atoms with Gasteiger partial charge >= 0.3 is 29.6 Å². The van der Waals surface area contributed by atoms with E-state index in [1.807, 2.05) is 0 Å². The van der Waals surface area contributed by atoms with Crippen LogP contribution in [0, 0.1) is 10.8 Å². The van der Waals surface area contributed by atoms with Crippen molar-refractivity contribution in [1.82, 2.24) is 0 Å². The van der Waals surface area contributed by atoms with Gasteiger partial charge in [-0.1, -0.05) is 194 Å². The summed E-state index contributed by atoms with van der Waals surface area (Å²) < 4.78 is 32.0. The maximum Gasteiger partial charge on any atom is 1.00 e. The summed E-state index contributed by atoms with van der Waals surface area (Å²) in [6.45, 7) is 4.53. The van der Waals surface area contributed by atoms with Crippen molar-refractivity contribution in [3.63, 3.8) is 0 Å². The SMILES string of the molecule is CCCCCCCCCCCCCCCCCC(=O)[O-].CCCCCCCCCCCCCCCCCC(=O)[O-].N=C=CC(=O)CC(C(=O)C=C=N)S(=O)(=O)[O-].[Na+]. The first-order valence-electron chi connectivity index (χ1n) is 21.8. The summed E-state index contributed by atoms with van der Waals surface area (Å²) in [6, 6.07) is 0. The Morgan fingerprint density at radius 2 is 0.737 bits per heavy atom. The normalized spacial score (nSPS) is 10.9. The van der Waals surface area contributed by atoms with Gasteiger partial charge in [0.05, 0.1) is 0 Å². The molecule has 0 aromatic rings. The van der Waals surface area contributed by atoms with E-state index < -0.39 is 45.3 Å². The smallest absolute Gasteiger partial charge is 0.747 e. The Kier molecular flexibility index (Phi) is 52.5. The Balaban J connectivity index is -0.000000369. The molecule has 0 aliphatic carbocycles. The van der Waals surface area contributed by atoms with E-state index in [1.165, 1.54) is 173 Å². The van der Waals surface area contributed by atoms with Crippen molar-refractivity contribution in [1.29, 1.82) is 10.8 Å². The van der Waals surface area contributed by atoms with Gasteiger partial charge in [-0.3, -0.25) is 20.4 Å². The monoisotopic (exact) mass is 833 g/mol. The number of carbonyl (C=O) groups excluding carboxylic acids is 4. The van der Waals surface area contributed by atoms with Crippen LogP contribution in [0.5, 0.6) is 0 Å². The molecule has 0 amide bonds. The molecule has 11 nitrogen and oxygen atoms in total. The Morgan fingerprint density at radius 1 is 0.491 bits per heavy atom. The first-order chi connectivity index (χ1) is 26.9.